The van der Waals surface area contributed by atoms with Gasteiger partial charge in [-0.05, 0) is 18.2 Å². The molecule has 0 radical (unpaired) electrons. The van der Waals surface area contributed by atoms with Crippen molar-refractivity contribution in [3.05, 3.63) is 35.6 Å². The van der Waals surface area contributed by atoms with E-state index in [1.165, 1.54) is 6.08 Å². The Bertz CT molecular complexity index is 310. The van der Waals surface area contributed by atoms with Crippen LogP contribution in [0, 0.1) is 0 Å². The molecule has 0 atom stereocenters. The minimum absolute atomic E-state index is 0. The highest BCUT2D eigenvalue weighted by Gasteiger charge is 2.10. The van der Waals surface area contributed by atoms with Gasteiger partial charge in [-0.3, -0.25) is 9.79 Å². The van der Waals surface area contributed by atoms with Gasteiger partial charge in [-0.1, -0.05) is 0 Å². The van der Waals surface area contributed by atoms with Crippen molar-refractivity contribution in [2.75, 3.05) is 0 Å². The summed E-state index contributed by atoms with van der Waals surface area (Å²) in [7, 11) is 0. The number of hydrogen-bond donors (Lipinski definition) is 0. The van der Waals surface area contributed by atoms with Gasteiger partial charge in [-0.15, -0.1) is 12.4 Å². The van der Waals surface area contributed by atoms with Gasteiger partial charge in [0, 0.05) is 17.9 Å². The number of rotatable bonds is 0. The average Bonchev–Trinajstić information content (AvgIpc) is 2.33. The van der Waals surface area contributed by atoms with Gasteiger partial charge < -0.3 is 0 Å². The lowest BCUT2D eigenvalue weighted by Gasteiger charge is -1.99. The third-order valence-corrected chi connectivity index (χ3v) is 1.47. The second-order valence-corrected chi connectivity index (χ2v) is 2.17. The monoisotopic (exact) mass is 167 g/mol. The van der Waals surface area contributed by atoms with E-state index in [9.17, 15) is 4.79 Å². The zero-order valence-electron chi connectivity index (χ0n) is 5.65. The SMILES string of the molecule is Cl.O=C1C=CC2=CC=NC2=C1. The first-order chi connectivity index (χ1) is 4.86. The highest BCUT2D eigenvalue weighted by molar-refractivity contribution is 6.03. The Morgan fingerprint density at radius 2 is 2.09 bits per heavy atom. The number of allylic oxidation sites excluding steroid dienone is 4. The molecule has 0 aromatic heterocycles. The summed E-state index contributed by atoms with van der Waals surface area (Å²) in [5.74, 6) is 0.0196. The van der Waals surface area contributed by atoms with Crippen LogP contribution in [0.5, 0.6) is 0 Å². The molecule has 0 amide bonds. The zero-order valence-corrected chi connectivity index (χ0v) is 6.47. The van der Waals surface area contributed by atoms with Crippen molar-refractivity contribution < 1.29 is 4.79 Å². The highest BCUT2D eigenvalue weighted by Crippen LogP contribution is 2.20. The lowest BCUT2D eigenvalue weighted by Crippen LogP contribution is -1.94. The molecule has 2 rings (SSSR count). The number of carbonyl (C=O) groups is 1. The molecular weight excluding hydrogens is 162 g/mol. The Morgan fingerprint density at radius 1 is 1.27 bits per heavy atom. The number of nitrogens with zero attached hydrogens (tertiary/aromatic N) is 1. The summed E-state index contributed by atoms with van der Waals surface area (Å²) >= 11 is 0. The van der Waals surface area contributed by atoms with E-state index in [0.717, 1.165) is 11.3 Å². The molecule has 56 valence electrons. The quantitative estimate of drug-likeness (QED) is 0.537. The molecule has 2 nitrogen and oxygen atoms in total. The van der Waals surface area contributed by atoms with E-state index >= 15 is 0 Å². The number of hydrogen-bond acceptors (Lipinski definition) is 2. The predicted molar refractivity (Wildman–Crippen MR) is 46.1 cm³/mol. The average molecular weight is 168 g/mol. The van der Waals surface area contributed by atoms with Crippen LogP contribution in [-0.4, -0.2) is 12.0 Å². The van der Waals surface area contributed by atoms with Crippen molar-refractivity contribution in [3.8, 4) is 0 Å². The first kappa shape index (κ1) is 7.95. The fourth-order valence-electron chi connectivity index (χ4n) is 0.974. The maximum Gasteiger partial charge on any atom is 0.180 e. The molecule has 0 unspecified atom stereocenters. The zero-order chi connectivity index (χ0) is 6.97. The third kappa shape index (κ3) is 1.30. The van der Waals surface area contributed by atoms with Crippen molar-refractivity contribution in [2.24, 2.45) is 4.99 Å². The summed E-state index contributed by atoms with van der Waals surface area (Å²) < 4.78 is 0. The molecule has 0 N–H and O–H groups in total. The van der Waals surface area contributed by atoms with E-state index in [2.05, 4.69) is 4.99 Å². The van der Waals surface area contributed by atoms with Gasteiger partial charge in [-0.25, -0.2) is 0 Å². The van der Waals surface area contributed by atoms with Crippen LogP contribution in [0.1, 0.15) is 0 Å². The van der Waals surface area contributed by atoms with E-state index in [4.69, 9.17) is 0 Å². The van der Waals surface area contributed by atoms with Gasteiger partial charge in [-0.2, -0.15) is 0 Å². The van der Waals surface area contributed by atoms with Gasteiger partial charge in [0.05, 0.1) is 5.70 Å². The lowest BCUT2D eigenvalue weighted by molar-refractivity contribution is -0.110. The number of ketones is 1. The second kappa shape index (κ2) is 2.84. The van der Waals surface area contributed by atoms with Crippen LogP contribution < -0.4 is 0 Å². The van der Waals surface area contributed by atoms with E-state index in [1.54, 1.807) is 18.4 Å². The molecule has 0 fully saturated rings. The van der Waals surface area contributed by atoms with Crippen LogP contribution in [0.4, 0.5) is 0 Å². The molecule has 0 bridgehead atoms. The molecule has 0 spiro atoms. The predicted octanol–water partition coefficient (Wildman–Crippen LogP) is 1.44. The molecular formula is C8H6ClNO. The minimum Gasteiger partial charge on any atom is -0.290 e. The molecule has 0 saturated heterocycles. The summed E-state index contributed by atoms with van der Waals surface area (Å²) in [5, 5.41) is 0. The van der Waals surface area contributed by atoms with E-state index in [-0.39, 0.29) is 18.2 Å². The Kier molecular flexibility index (Phi) is 2.06. The molecule has 2 aliphatic rings. The van der Waals surface area contributed by atoms with Crippen LogP contribution in [-0.2, 0) is 4.79 Å². The maximum atomic E-state index is 10.7. The van der Waals surface area contributed by atoms with Gasteiger partial charge in [0.25, 0.3) is 0 Å². The molecule has 1 heterocycles. The largest absolute Gasteiger partial charge is 0.290 e. The normalized spacial score (nSPS) is 18.7. The number of fused-ring (bicyclic) bond motifs is 1. The van der Waals surface area contributed by atoms with Gasteiger partial charge in [0.1, 0.15) is 0 Å². The summed E-state index contributed by atoms with van der Waals surface area (Å²) in [6, 6.07) is 0. The Labute approximate surface area is 70.4 Å². The third-order valence-electron chi connectivity index (χ3n) is 1.47. The minimum atomic E-state index is 0. The summed E-state index contributed by atoms with van der Waals surface area (Å²) in [6.45, 7) is 0. The van der Waals surface area contributed by atoms with Crippen molar-refractivity contribution in [1.29, 1.82) is 0 Å². The van der Waals surface area contributed by atoms with Crippen LogP contribution >= 0.6 is 12.4 Å². The Hall–Kier alpha value is -1.15. The molecule has 0 saturated carbocycles. The molecule has 1 aliphatic carbocycles. The molecule has 0 aromatic rings. The Morgan fingerprint density at radius 3 is 2.91 bits per heavy atom. The van der Waals surface area contributed by atoms with Crippen LogP contribution in [0.15, 0.2) is 40.6 Å². The number of halogens is 1. The van der Waals surface area contributed by atoms with Crippen LogP contribution in [0.3, 0.4) is 0 Å². The second-order valence-electron chi connectivity index (χ2n) is 2.17. The fourth-order valence-corrected chi connectivity index (χ4v) is 0.974. The van der Waals surface area contributed by atoms with Gasteiger partial charge >= 0.3 is 0 Å². The molecule has 0 aromatic carbocycles. The van der Waals surface area contributed by atoms with E-state index in [1.807, 2.05) is 6.08 Å². The Balaban J connectivity index is 0.000000605. The van der Waals surface area contributed by atoms with Crippen LogP contribution in [0.2, 0.25) is 0 Å². The van der Waals surface area contributed by atoms with Crippen LogP contribution in [0.25, 0.3) is 0 Å². The fraction of sp³-hybridized carbons (Fsp3) is 0. The summed E-state index contributed by atoms with van der Waals surface area (Å²) in [6.07, 6.45) is 8.45. The van der Waals surface area contributed by atoms with Crippen molar-refractivity contribution in [3.63, 3.8) is 0 Å². The smallest absolute Gasteiger partial charge is 0.180 e. The van der Waals surface area contributed by atoms with Gasteiger partial charge in [0.2, 0.25) is 0 Å². The first-order valence-electron chi connectivity index (χ1n) is 3.05. The van der Waals surface area contributed by atoms with E-state index in [0.29, 0.717) is 0 Å². The van der Waals surface area contributed by atoms with Crippen molar-refractivity contribution in [2.45, 2.75) is 0 Å². The summed E-state index contributed by atoms with van der Waals surface area (Å²) in [4.78, 5) is 14.7. The molecule has 1 aliphatic heterocycles. The standard InChI is InChI=1S/C8H5NO.ClH/c10-7-2-1-6-3-4-9-8(6)5-7;/h1-5H;1H. The number of carbonyl (C=O) groups excluding carboxylic acids is 1. The van der Waals surface area contributed by atoms with Gasteiger partial charge in [0.15, 0.2) is 5.78 Å². The lowest BCUT2D eigenvalue weighted by atomic mass is 10.1. The van der Waals surface area contributed by atoms with E-state index < -0.39 is 0 Å². The highest BCUT2D eigenvalue weighted by atomic mass is 35.5. The maximum absolute atomic E-state index is 10.7. The topological polar surface area (TPSA) is 29.4 Å². The summed E-state index contributed by atoms with van der Waals surface area (Å²) in [5.41, 5.74) is 1.81. The first-order valence-corrected chi connectivity index (χ1v) is 3.05. The van der Waals surface area contributed by atoms with Crippen molar-refractivity contribution >= 4 is 24.4 Å². The molecule has 11 heavy (non-hydrogen) atoms. The van der Waals surface area contributed by atoms with Crippen molar-refractivity contribution in [1.82, 2.24) is 0 Å². The number of aliphatic imine (C=N–C) groups is 1. The molecule has 3 heteroatoms.